The van der Waals surface area contributed by atoms with Crippen molar-refractivity contribution in [2.75, 3.05) is 0 Å². The van der Waals surface area contributed by atoms with E-state index in [1.165, 1.54) is 11.3 Å². The normalized spacial score (nSPS) is 12.6. The molecule has 4 aromatic heterocycles. The Balaban J connectivity index is 0.000000182. The molecule has 4 aromatic carbocycles. The number of imidazole rings is 1. The van der Waals surface area contributed by atoms with Gasteiger partial charge in [0, 0.05) is 47.2 Å². The van der Waals surface area contributed by atoms with Gasteiger partial charge in [-0.25, -0.2) is 4.98 Å². The summed E-state index contributed by atoms with van der Waals surface area (Å²) in [5.74, 6) is 0.772. The molecule has 0 N–H and O–H groups in total. The van der Waals surface area contributed by atoms with Crippen LogP contribution in [0.3, 0.4) is 0 Å². The Labute approximate surface area is 293 Å². The van der Waals surface area contributed by atoms with Gasteiger partial charge in [0.25, 0.3) is 0 Å². The van der Waals surface area contributed by atoms with Crippen LogP contribution in [0.15, 0.2) is 120 Å². The van der Waals surface area contributed by atoms with Gasteiger partial charge in [-0.1, -0.05) is 86.0 Å². The van der Waals surface area contributed by atoms with Gasteiger partial charge >= 0.3 is 0 Å². The predicted molar refractivity (Wildman–Crippen MR) is 191 cm³/mol. The van der Waals surface area contributed by atoms with Crippen molar-refractivity contribution in [3.63, 3.8) is 0 Å². The molecule has 0 atom stereocenters. The molecular formula is C40H34IrN4OSi-2. The van der Waals surface area contributed by atoms with E-state index < -0.39 is 14.9 Å². The number of pyridine rings is 2. The molecule has 0 saturated heterocycles. The van der Waals surface area contributed by atoms with E-state index in [4.69, 9.17) is 18.5 Å². The molecule has 0 bridgehead atoms. The number of hydrogen-bond acceptors (Lipinski definition) is 4. The first kappa shape index (κ1) is 28.5. The average molecular weight is 810 g/mol. The smallest absolute Gasteiger partial charge is 0.155 e. The minimum absolute atomic E-state index is 0. The van der Waals surface area contributed by atoms with Crippen molar-refractivity contribution in [2.45, 2.75) is 33.4 Å². The van der Waals surface area contributed by atoms with Crippen LogP contribution in [0.2, 0.25) is 19.6 Å². The number of fused-ring (bicyclic) bond motifs is 4. The molecule has 0 amide bonds. The van der Waals surface area contributed by atoms with Gasteiger partial charge in [0.1, 0.15) is 5.58 Å². The molecule has 5 nitrogen and oxygen atoms in total. The molecule has 0 saturated carbocycles. The fourth-order valence-electron chi connectivity index (χ4n) is 5.48. The van der Waals surface area contributed by atoms with Gasteiger partial charge in [0.15, 0.2) is 5.65 Å². The number of para-hydroxylation sites is 2. The molecule has 1 radical (unpaired) electrons. The molecule has 0 fully saturated rings. The molecule has 0 aliphatic carbocycles. The van der Waals surface area contributed by atoms with E-state index in [2.05, 4.69) is 65.6 Å². The second-order valence-electron chi connectivity index (χ2n) is 12.3. The number of rotatable bonds is 4. The number of furan rings is 1. The SMILES string of the molecule is Cc1ccc2nc(-c3[c-]ccc4c3oc3ccccc34)n(-c3ccccc3)c2n1.[2H]C([2H])([2H])c1c[c-]c(-c2ccc([Si](C)(C)C)cn2)cc1.[Ir]. The van der Waals surface area contributed by atoms with Crippen LogP contribution in [0.5, 0.6) is 0 Å². The topological polar surface area (TPSA) is 56.7 Å². The second kappa shape index (κ2) is 13.2. The molecule has 0 spiro atoms. The molecule has 0 aliphatic heterocycles. The molecular weight excluding hydrogens is 773 g/mol. The minimum Gasteiger partial charge on any atom is -0.501 e. The fourth-order valence-corrected chi connectivity index (χ4v) is 6.51. The summed E-state index contributed by atoms with van der Waals surface area (Å²) in [6.07, 6.45) is 1.92. The number of nitrogens with zero attached hydrogens (tertiary/aromatic N) is 4. The van der Waals surface area contributed by atoms with E-state index in [9.17, 15) is 0 Å². The first-order valence-electron chi connectivity index (χ1n) is 16.7. The van der Waals surface area contributed by atoms with Crippen molar-refractivity contribution in [1.29, 1.82) is 0 Å². The van der Waals surface area contributed by atoms with Crippen molar-refractivity contribution in [3.05, 3.63) is 139 Å². The minimum atomic E-state index is -2.08. The zero-order chi connectivity index (χ0) is 34.3. The molecule has 7 heteroatoms. The summed E-state index contributed by atoms with van der Waals surface area (Å²) >= 11 is 0. The number of hydrogen-bond donors (Lipinski definition) is 0. The maximum Gasteiger partial charge on any atom is 0.155 e. The van der Waals surface area contributed by atoms with Crippen molar-refractivity contribution in [3.8, 4) is 28.3 Å². The monoisotopic (exact) mass is 810 g/mol. The first-order chi connectivity index (χ1) is 23.5. The largest absolute Gasteiger partial charge is 0.501 e. The van der Waals surface area contributed by atoms with Crippen LogP contribution in [0, 0.1) is 25.9 Å². The molecule has 8 aromatic rings. The zero-order valence-electron chi connectivity index (χ0n) is 29.5. The summed E-state index contributed by atoms with van der Waals surface area (Å²) in [4.78, 5) is 14.2. The van der Waals surface area contributed by atoms with Crippen LogP contribution in [-0.2, 0) is 20.1 Å². The molecule has 8 rings (SSSR count). The van der Waals surface area contributed by atoms with E-state index in [1.54, 1.807) is 12.1 Å². The summed E-state index contributed by atoms with van der Waals surface area (Å²) in [7, 11) is -1.34. The van der Waals surface area contributed by atoms with Crippen LogP contribution in [-0.4, -0.2) is 27.6 Å². The Morgan fingerprint density at radius 3 is 2.34 bits per heavy atom. The Bertz CT molecular complexity index is 2360. The molecule has 0 unspecified atom stereocenters. The van der Waals surface area contributed by atoms with Gasteiger partial charge in [-0.15, -0.1) is 53.6 Å². The van der Waals surface area contributed by atoms with Crippen LogP contribution in [0.4, 0.5) is 0 Å². The molecule has 235 valence electrons. The van der Waals surface area contributed by atoms with Gasteiger partial charge in [-0.3, -0.25) is 4.98 Å². The molecule has 4 heterocycles. The van der Waals surface area contributed by atoms with Gasteiger partial charge in [-0.05, 0) is 48.1 Å². The molecule has 47 heavy (non-hydrogen) atoms. The van der Waals surface area contributed by atoms with Gasteiger partial charge in [-0.2, -0.15) is 0 Å². The number of aromatic nitrogens is 4. The number of benzene rings is 4. The third kappa shape index (κ3) is 6.47. The van der Waals surface area contributed by atoms with Crippen molar-refractivity contribution in [1.82, 2.24) is 19.5 Å². The van der Waals surface area contributed by atoms with Gasteiger partial charge < -0.3 is 14.0 Å². The van der Waals surface area contributed by atoms with Crippen LogP contribution < -0.4 is 5.19 Å². The van der Waals surface area contributed by atoms with E-state index in [-0.39, 0.29) is 20.1 Å². The molecule has 0 aliphatic rings. The van der Waals surface area contributed by atoms with Crippen LogP contribution in [0.25, 0.3) is 61.4 Å². The summed E-state index contributed by atoms with van der Waals surface area (Å²) < 4.78 is 30.4. The van der Waals surface area contributed by atoms with Crippen LogP contribution in [0.1, 0.15) is 15.4 Å². The maximum absolute atomic E-state index is 7.35. The third-order valence-electron chi connectivity index (χ3n) is 7.94. The van der Waals surface area contributed by atoms with Crippen molar-refractivity contribution in [2.24, 2.45) is 0 Å². The maximum atomic E-state index is 7.35. The van der Waals surface area contributed by atoms with E-state index in [0.717, 1.165) is 67.1 Å². The quantitative estimate of drug-likeness (QED) is 0.131. The fraction of sp³-hybridized carbons (Fsp3) is 0.125. The standard InChI is InChI=1S/C25H16N3O.C15H18NSi.Ir/c1-16-14-15-21-25(26-16)28(17-8-3-2-4-9-17)24(27-21)20-12-7-11-19-18-10-5-6-13-22(18)29-23(19)20;1-12-5-7-13(8-6-12)15-10-9-14(11-16-15)17(2,3)4;/h2-11,13-15H,1H3;5-7,9-11H,1-4H3;/q2*-1;/i;1D3;. The predicted octanol–water partition coefficient (Wildman–Crippen LogP) is 9.50. The third-order valence-corrected chi connectivity index (χ3v) is 9.97. The van der Waals surface area contributed by atoms with E-state index in [0.29, 0.717) is 5.56 Å². The van der Waals surface area contributed by atoms with Crippen molar-refractivity contribution >= 4 is 46.4 Å². The Morgan fingerprint density at radius 2 is 1.62 bits per heavy atom. The second-order valence-corrected chi connectivity index (χ2v) is 17.3. The van der Waals surface area contributed by atoms with E-state index in [1.807, 2.05) is 79.9 Å². The van der Waals surface area contributed by atoms with Crippen LogP contribution >= 0.6 is 0 Å². The van der Waals surface area contributed by atoms with Crippen molar-refractivity contribution < 1.29 is 28.6 Å². The summed E-state index contributed by atoms with van der Waals surface area (Å²) in [6, 6.07) is 41.6. The first-order valence-corrected chi connectivity index (χ1v) is 18.7. The number of aryl methyl sites for hydroxylation is 2. The summed E-state index contributed by atoms with van der Waals surface area (Å²) in [5, 5.41) is 3.46. The van der Waals surface area contributed by atoms with E-state index >= 15 is 0 Å². The zero-order valence-corrected chi connectivity index (χ0v) is 29.9. The summed E-state index contributed by atoms with van der Waals surface area (Å²) in [5.41, 5.74) is 8.06. The average Bonchev–Trinajstić information content (AvgIpc) is 3.67. The van der Waals surface area contributed by atoms with Gasteiger partial charge in [0.05, 0.1) is 25.0 Å². The Morgan fingerprint density at radius 1 is 0.809 bits per heavy atom. The van der Waals surface area contributed by atoms with Gasteiger partial charge in [0.2, 0.25) is 0 Å². The Hall–Kier alpha value is -4.68. The Kier molecular flexibility index (Phi) is 8.02. The summed E-state index contributed by atoms with van der Waals surface area (Å²) in [6.45, 7) is 6.75.